The van der Waals surface area contributed by atoms with Gasteiger partial charge in [-0.05, 0) is 44.5 Å². The maximum Gasteiger partial charge on any atom is 0.265 e. The molecule has 0 aliphatic carbocycles. The van der Waals surface area contributed by atoms with Gasteiger partial charge in [0, 0.05) is 18.3 Å². The monoisotopic (exact) mass is 426 g/mol. The molecule has 2 heterocycles. The molecule has 28 heavy (non-hydrogen) atoms. The second-order valence-electron chi connectivity index (χ2n) is 6.87. The van der Waals surface area contributed by atoms with Crippen molar-refractivity contribution in [2.24, 2.45) is 0 Å². The molecular weight excluding hydrogens is 404 g/mol. The lowest BCUT2D eigenvalue weighted by molar-refractivity contribution is -0.114. The minimum atomic E-state index is -3.92. The minimum absolute atomic E-state index is 0.0352. The number of hydrogen-bond acceptors (Lipinski definition) is 6. The quantitative estimate of drug-likeness (QED) is 0.748. The van der Waals surface area contributed by atoms with Gasteiger partial charge < -0.3 is 5.32 Å². The van der Waals surface area contributed by atoms with E-state index in [1.807, 2.05) is 0 Å². The van der Waals surface area contributed by atoms with Crippen molar-refractivity contribution >= 4 is 37.1 Å². The van der Waals surface area contributed by atoms with Gasteiger partial charge in [-0.15, -0.1) is 0 Å². The molecule has 152 valence electrons. The number of aromatic nitrogens is 2. The predicted octanol–water partition coefficient (Wildman–Crippen LogP) is 1.62. The van der Waals surface area contributed by atoms with Crippen molar-refractivity contribution < 1.29 is 21.6 Å². The summed E-state index contributed by atoms with van der Waals surface area (Å²) in [6.45, 7) is 4.59. The molecule has 1 aromatic heterocycles. The summed E-state index contributed by atoms with van der Waals surface area (Å²) >= 11 is 0. The van der Waals surface area contributed by atoms with Crippen LogP contribution >= 0.6 is 0 Å². The third-order valence-corrected chi connectivity index (χ3v) is 7.92. The smallest absolute Gasteiger partial charge is 0.265 e. The van der Waals surface area contributed by atoms with Crippen molar-refractivity contribution in [3.63, 3.8) is 0 Å². The van der Waals surface area contributed by atoms with Gasteiger partial charge in [0.1, 0.15) is 4.90 Å². The highest BCUT2D eigenvalue weighted by molar-refractivity contribution is 7.92. The van der Waals surface area contributed by atoms with Gasteiger partial charge in [0.2, 0.25) is 5.91 Å². The Bertz CT molecular complexity index is 1120. The predicted molar refractivity (Wildman–Crippen MR) is 106 cm³/mol. The summed E-state index contributed by atoms with van der Waals surface area (Å²) in [5.41, 5.74) is 1.60. The molecule has 0 unspecified atom stereocenters. The van der Waals surface area contributed by atoms with E-state index in [4.69, 9.17) is 0 Å². The number of benzene rings is 1. The zero-order valence-corrected chi connectivity index (χ0v) is 17.4. The van der Waals surface area contributed by atoms with E-state index in [2.05, 4.69) is 15.1 Å². The summed E-state index contributed by atoms with van der Waals surface area (Å²) in [5, 5.41) is 6.91. The minimum Gasteiger partial charge on any atom is -0.326 e. The number of aryl methyl sites for hydroxylation is 1. The van der Waals surface area contributed by atoms with Gasteiger partial charge in [-0.25, -0.2) is 16.8 Å². The van der Waals surface area contributed by atoms with Crippen LogP contribution in [0.5, 0.6) is 0 Å². The fourth-order valence-electron chi connectivity index (χ4n) is 3.39. The third kappa shape index (κ3) is 4.20. The number of sulfonamides is 1. The Hall–Kier alpha value is -2.40. The Labute approximate surface area is 164 Å². The third-order valence-electron chi connectivity index (χ3n) is 4.54. The van der Waals surface area contributed by atoms with Crippen molar-refractivity contribution in [1.82, 2.24) is 9.78 Å². The molecule has 0 bridgehead atoms. The van der Waals surface area contributed by atoms with E-state index in [1.54, 1.807) is 38.1 Å². The van der Waals surface area contributed by atoms with E-state index in [0.29, 0.717) is 29.2 Å². The van der Waals surface area contributed by atoms with E-state index >= 15 is 0 Å². The Morgan fingerprint density at radius 2 is 1.79 bits per heavy atom. The number of nitrogens with one attached hydrogen (secondary N) is 2. The number of hydrogen-bond donors (Lipinski definition) is 2. The van der Waals surface area contributed by atoms with Crippen LogP contribution in [0.3, 0.4) is 0 Å². The van der Waals surface area contributed by atoms with E-state index in [-0.39, 0.29) is 28.4 Å². The molecule has 0 radical (unpaired) electrons. The van der Waals surface area contributed by atoms with Crippen molar-refractivity contribution in [3.05, 3.63) is 35.7 Å². The molecule has 1 aliphatic heterocycles. The molecule has 3 rings (SSSR count). The maximum atomic E-state index is 12.9. The summed E-state index contributed by atoms with van der Waals surface area (Å²) < 4.78 is 53.3. The second-order valence-corrected chi connectivity index (χ2v) is 10.7. The number of sulfone groups is 1. The Kier molecular flexibility index (Phi) is 5.24. The average molecular weight is 427 g/mol. The first-order chi connectivity index (χ1) is 13.0. The summed E-state index contributed by atoms with van der Waals surface area (Å²) in [4.78, 5) is 11.1. The SMILES string of the molecule is CC(=O)Nc1ccc(NS(=O)(=O)c2c(C)nn([C@H]3CCS(=O)(=O)C3)c2C)cc1. The lowest BCUT2D eigenvalue weighted by atomic mass is 10.2. The fourth-order valence-corrected chi connectivity index (χ4v) is 6.54. The lowest BCUT2D eigenvalue weighted by Gasteiger charge is -2.12. The Balaban J connectivity index is 1.87. The molecule has 1 aliphatic rings. The van der Waals surface area contributed by atoms with E-state index in [0.717, 1.165) is 0 Å². The van der Waals surface area contributed by atoms with Crippen LogP contribution in [0.25, 0.3) is 0 Å². The topological polar surface area (TPSA) is 127 Å². The molecule has 2 N–H and O–H groups in total. The lowest BCUT2D eigenvalue weighted by Crippen LogP contribution is -2.17. The number of carbonyl (C=O) groups is 1. The van der Waals surface area contributed by atoms with Gasteiger partial charge in [-0.2, -0.15) is 5.10 Å². The number of nitrogens with zero attached hydrogens (tertiary/aromatic N) is 2. The van der Waals surface area contributed by atoms with Gasteiger partial charge in [0.25, 0.3) is 10.0 Å². The zero-order chi connectivity index (χ0) is 20.7. The molecule has 1 atom stereocenters. The fraction of sp³-hybridized carbons (Fsp3) is 0.412. The van der Waals surface area contributed by atoms with Crippen molar-refractivity contribution in [2.45, 2.75) is 38.1 Å². The van der Waals surface area contributed by atoms with Crippen molar-refractivity contribution in [3.8, 4) is 0 Å². The zero-order valence-electron chi connectivity index (χ0n) is 15.8. The van der Waals surface area contributed by atoms with Crippen LogP contribution in [0, 0.1) is 13.8 Å². The summed E-state index contributed by atoms with van der Waals surface area (Å²) in [7, 11) is -7.03. The number of carbonyl (C=O) groups excluding carboxylic acids is 1. The first kappa shape index (κ1) is 20.3. The number of amides is 1. The summed E-state index contributed by atoms with van der Waals surface area (Å²) in [5.74, 6) is -0.176. The second kappa shape index (κ2) is 7.21. The molecule has 1 amide bonds. The standard InChI is InChI=1S/C17H22N4O5S2/c1-11-17(12(2)21(19-11)16-8-9-27(23,24)10-16)28(25,26)20-15-6-4-14(5-7-15)18-13(3)22/h4-7,16,20H,8-10H2,1-3H3,(H,18,22)/t16-/m0/s1. The van der Waals surface area contributed by atoms with Crippen LogP contribution < -0.4 is 10.0 Å². The molecule has 1 fully saturated rings. The Morgan fingerprint density at radius 3 is 2.32 bits per heavy atom. The summed E-state index contributed by atoms with van der Waals surface area (Å²) in [6.07, 6.45) is 0.418. The van der Waals surface area contributed by atoms with Gasteiger partial charge in [-0.3, -0.25) is 14.2 Å². The molecule has 11 heteroatoms. The van der Waals surface area contributed by atoms with Gasteiger partial charge in [0.15, 0.2) is 9.84 Å². The highest BCUT2D eigenvalue weighted by Gasteiger charge is 2.33. The van der Waals surface area contributed by atoms with Crippen molar-refractivity contribution in [2.75, 3.05) is 21.5 Å². The first-order valence-corrected chi connectivity index (χ1v) is 12.0. The Morgan fingerprint density at radius 1 is 1.18 bits per heavy atom. The number of anilines is 2. The van der Waals surface area contributed by atoms with Crippen LogP contribution in [0.15, 0.2) is 29.2 Å². The highest BCUT2D eigenvalue weighted by Crippen LogP contribution is 2.29. The van der Waals surface area contributed by atoms with Crippen LogP contribution in [0.1, 0.15) is 30.8 Å². The molecule has 0 spiro atoms. The van der Waals surface area contributed by atoms with Gasteiger partial charge in [-0.1, -0.05) is 0 Å². The van der Waals surface area contributed by atoms with Crippen LogP contribution in [-0.4, -0.2) is 44.0 Å². The normalized spacial score (nSPS) is 18.8. The number of rotatable bonds is 5. The highest BCUT2D eigenvalue weighted by atomic mass is 32.2. The molecule has 9 nitrogen and oxygen atoms in total. The molecule has 1 saturated heterocycles. The molecule has 2 aromatic rings. The van der Waals surface area contributed by atoms with E-state index < -0.39 is 19.9 Å². The largest absolute Gasteiger partial charge is 0.326 e. The van der Waals surface area contributed by atoms with Crippen LogP contribution in [0.2, 0.25) is 0 Å². The van der Waals surface area contributed by atoms with Gasteiger partial charge >= 0.3 is 0 Å². The maximum absolute atomic E-state index is 12.9. The van der Waals surface area contributed by atoms with Crippen LogP contribution in [0.4, 0.5) is 11.4 Å². The van der Waals surface area contributed by atoms with Crippen LogP contribution in [-0.2, 0) is 24.7 Å². The first-order valence-electron chi connectivity index (χ1n) is 8.65. The average Bonchev–Trinajstić information content (AvgIpc) is 3.07. The summed E-state index contributed by atoms with van der Waals surface area (Å²) in [6, 6.07) is 5.91. The van der Waals surface area contributed by atoms with E-state index in [1.165, 1.54) is 11.6 Å². The van der Waals surface area contributed by atoms with Gasteiger partial charge in [0.05, 0.1) is 28.9 Å². The molecule has 0 saturated carbocycles. The molecule has 1 aromatic carbocycles. The van der Waals surface area contributed by atoms with E-state index in [9.17, 15) is 21.6 Å². The molecular formula is C17H22N4O5S2. The van der Waals surface area contributed by atoms with Crippen molar-refractivity contribution in [1.29, 1.82) is 0 Å².